The molecule has 4 heterocycles. The molecule has 0 N–H and O–H groups in total. The highest BCUT2D eigenvalue weighted by molar-refractivity contribution is 6.92. The molecule has 2 aromatic carbocycles. The largest absolute Gasteiger partial charge is 0.306 e. The number of fused-ring (bicyclic) bond motifs is 5. The van der Waals surface area contributed by atoms with Crippen LogP contribution in [0.5, 0.6) is 0 Å². The molecule has 0 aliphatic carbocycles. The van der Waals surface area contributed by atoms with Gasteiger partial charge in [0.2, 0.25) is 5.52 Å². The highest BCUT2D eigenvalue weighted by Crippen LogP contribution is 2.41. The summed E-state index contributed by atoms with van der Waals surface area (Å²) in [5.41, 5.74) is 7.96. The number of nitrogens with zero attached hydrogens (tertiary/aromatic N) is 3. The van der Waals surface area contributed by atoms with E-state index in [0.29, 0.717) is 0 Å². The van der Waals surface area contributed by atoms with E-state index in [1.165, 1.54) is 78.3 Å². The number of aryl methyl sites for hydroxylation is 3. The number of pyridine rings is 3. The van der Waals surface area contributed by atoms with Crippen molar-refractivity contribution in [3.05, 3.63) is 60.0 Å². The Hall–Kier alpha value is -2.98. The van der Waals surface area contributed by atoms with Crippen LogP contribution in [-0.4, -0.2) is 17.5 Å². The van der Waals surface area contributed by atoms with Gasteiger partial charge in [0.05, 0.1) is 41.6 Å². The molecular formula is C29H32N3Si+. The smallest absolute Gasteiger partial charge is 0.224 e. The van der Waals surface area contributed by atoms with Gasteiger partial charge in [-0.3, -0.25) is 4.98 Å². The van der Waals surface area contributed by atoms with Crippen molar-refractivity contribution in [3.8, 4) is 0 Å². The molecule has 3 nitrogen and oxygen atoms in total. The molecule has 4 aromatic heterocycles. The van der Waals surface area contributed by atoms with E-state index in [1.807, 2.05) is 6.20 Å². The van der Waals surface area contributed by atoms with Gasteiger partial charge >= 0.3 is 0 Å². The Morgan fingerprint density at radius 2 is 1.67 bits per heavy atom. The van der Waals surface area contributed by atoms with Crippen LogP contribution in [0.15, 0.2) is 48.9 Å². The SMILES string of the molecule is CC[Si](CC)(CC)c1cc2cc[n+](C)c3c4c(C)c(C)cc5c6ccncc6n(c(c1)c23)c54. The van der Waals surface area contributed by atoms with Crippen LogP contribution in [0.2, 0.25) is 18.1 Å². The molecule has 166 valence electrons. The molecule has 0 saturated carbocycles. The van der Waals surface area contributed by atoms with Crippen molar-refractivity contribution in [2.75, 3.05) is 0 Å². The zero-order valence-corrected chi connectivity index (χ0v) is 21.6. The summed E-state index contributed by atoms with van der Waals surface area (Å²) in [6.07, 6.45) is 6.24. The fourth-order valence-electron chi connectivity index (χ4n) is 6.42. The Morgan fingerprint density at radius 3 is 2.39 bits per heavy atom. The molecule has 6 aromatic rings. The standard InChI is InChI=1S/C29H32N3Si/c1-7-33(8-2,9-3)21-15-20-11-13-31(6)29-26-19(5)18(4)14-23-22-10-12-30-17-25(22)32(28(23)26)24(16-21)27(20)29/h10-17H,7-9H2,1-6H3/q+1. The summed E-state index contributed by atoms with van der Waals surface area (Å²) in [5.74, 6) is 0. The lowest BCUT2D eigenvalue weighted by atomic mass is 9.97. The molecule has 6 rings (SSSR count). The monoisotopic (exact) mass is 450 g/mol. The molecule has 0 bridgehead atoms. The molecule has 4 heteroatoms. The van der Waals surface area contributed by atoms with Crippen LogP contribution in [0.1, 0.15) is 31.9 Å². The van der Waals surface area contributed by atoms with Gasteiger partial charge in [0.1, 0.15) is 7.05 Å². The molecule has 0 fully saturated rings. The number of hydrogen-bond acceptors (Lipinski definition) is 1. The highest BCUT2D eigenvalue weighted by Gasteiger charge is 2.32. The summed E-state index contributed by atoms with van der Waals surface area (Å²) in [5, 5.41) is 8.35. The summed E-state index contributed by atoms with van der Waals surface area (Å²) in [6, 6.07) is 15.8. The average molecular weight is 451 g/mol. The van der Waals surface area contributed by atoms with E-state index in [1.54, 1.807) is 5.19 Å². The number of hydrogen-bond donors (Lipinski definition) is 0. The fourth-order valence-corrected chi connectivity index (χ4v) is 10.0. The van der Waals surface area contributed by atoms with Gasteiger partial charge < -0.3 is 4.40 Å². The second-order valence-corrected chi connectivity index (χ2v) is 15.2. The predicted octanol–water partition coefficient (Wildman–Crippen LogP) is 6.54. The molecule has 0 atom stereocenters. The summed E-state index contributed by atoms with van der Waals surface area (Å²) >= 11 is 0. The van der Waals surface area contributed by atoms with Crippen LogP contribution in [0.4, 0.5) is 0 Å². The first-order chi connectivity index (χ1) is 16.0. The Bertz CT molecular complexity index is 1700. The third kappa shape index (κ3) is 2.50. The van der Waals surface area contributed by atoms with E-state index in [4.69, 9.17) is 0 Å². The maximum Gasteiger partial charge on any atom is 0.224 e. The van der Waals surface area contributed by atoms with Gasteiger partial charge in [-0.15, -0.1) is 0 Å². The van der Waals surface area contributed by atoms with Crippen LogP contribution in [0.25, 0.3) is 49.0 Å². The van der Waals surface area contributed by atoms with E-state index < -0.39 is 8.07 Å². The lowest BCUT2D eigenvalue weighted by Crippen LogP contribution is -2.45. The van der Waals surface area contributed by atoms with Crippen molar-refractivity contribution < 1.29 is 4.57 Å². The number of rotatable bonds is 4. The average Bonchev–Trinajstić information content (AvgIpc) is 3.16. The van der Waals surface area contributed by atoms with Crippen molar-refractivity contribution in [2.45, 2.75) is 52.8 Å². The van der Waals surface area contributed by atoms with Crippen LogP contribution in [0.3, 0.4) is 0 Å². The number of benzene rings is 2. The Balaban J connectivity index is 2.00. The van der Waals surface area contributed by atoms with Gasteiger partial charge in [-0.2, -0.15) is 0 Å². The van der Waals surface area contributed by atoms with E-state index in [9.17, 15) is 0 Å². The second kappa shape index (κ2) is 7.01. The van der Waals surface area contributed by atoms with Crippen LogP contribution >= 0.6 is 0 Å². The Labute approximate surface area is 196 Å². The third-order valence-electron chi connectivity index (χ3n) is 8.71. The zero-order valence-electron chi connectivity index (χ0n) is 20.6. The normalized spacial score (nSPS) is 12.9. The van der Waals surface area contributed by atoms with Gasteiger partial charge in [-0.25, -0.2) is 4.57 Å². The summed E-state index contributed by atoms with van der Waals surface area (Å²) in [6.45, 7) is 11.7. The van der Waals surface area contributed by atoms with Crippen LogP contribution in [0, 0.1) is 13.8 Å². The minimum Gasteiger partial charge on any atom is -0.306 e. The quantitative estimate of drug-likeness (QED) is 0.129. The second-order valence-electron chi connectivity index (χ2n) is 9.89. The third-order valence-corrected chi connectivity index (χ3v) is 14.3. The summed E-state index contributed by atoms with van der Waals surface area (Å²) < 4.78 is 4.86. The highest BCUT2D eigenvalue weighted by atomic mass is 28.3. The maximum atomic E-state index is 4.56. The van der Waals surface area contributed by atoms with Crippen molar-refractivity contribution in [1.82, 2.24) is 9.38 Å². The molecule has 0 aliphatic rings. The first-order valence-corrected chi connectivity index (χ1v) is 14.9. The van der Waals surface area contributed by atoms with Gasteiger partial charge in [-0.1, -0.05) is 50.2 Å². The van der Waals surface area contributed by atoms with E-state index >= 15 is 0 Å². The lowest BCUT2D eigenvalue weighted by molar-refractivity contribution is -0.643. The molecule has 0 spiro atoms. The summed E-state index contributed by atoms with van der Waals surface area (Å²) in [4.78, 5) is 4.56. The molecule has 0 saturated heterocycles. The first kappa shape index (κ1) is 20.6. The zero-order chi connectivity index (χ0) is 23.1. The molecular weight excluding hydrogens is 418 g/mol. The van der Waals surface area contributed by atoms with Gasteiger partial charge in [0, 0.05) is 23.0 Å². The topological polar surface area (TPSA) is 21.2 Å². The fraction of sp³-hybridized carbons (Fsp3) is 0.310. The minimum absolute atomic E-state index is 1.21. The lowest BCUT2D eigenvalue weighted by Gasteiger charge is -2.29. The number of aromatic nitrogens is 3. The van der Waals surface area contributed by atoms with Crippen LogP contribution < -0.4 is 9.75 Å². The minimum atomic E-state index is -1.54. The van der Waals surface area contributed by atoms with Crippen molar-refractivity contribution in [2.24, 2.45) is 7.05 Å². The van der Waals surface area contributed by atoms with Gasteiger partial charge in [-0.05, 0) is 48.6 Å². The molecule has 0 radical (unpaired) electrons. The molecule has 33 heavy (non-hydrogen) atoms. The maximum absolute atomic E-state index is 4.56. The van der Waals surface area contributed by atoms with E-state index in [2.05, 4.69) is 98.3 Å². The van der Waals surface area contributed by atoms with Crippen LogP contribution in [-0.2, 0) is 7.05 Å². The molecule has 0 amide bonds. The predicted molar refractivity (Wildman–Crippen MR) is 144 cm³/mol. The van der Waals surface area contributed by atoms with Crippen molar-refractivity contribution >= 4 is 62.3 Å². The molecule has 0 unspecified atom stereocenters. The van der Waals surface area contributed by atoms with E-state index in [0.717, 1.165) is 0 Å². The van der Waals surface area contributed by atoms with Gasteiger partial charge in [0.25, 0.3) is 0 Å². The Morgan fingerprint density at radius 1 is 0.909 bits per heavy atom. The van der Waals surface area contributed by atoms with Crippen molar-refractivity contribution in [1.29, 1.82) is 0 Å². The van der Waals surface area contributed by atoms with Gasteiger partial charge in [0.15, 0.2) is 6.20 Å². The van der Waals surface area contributed by atoms with Crippen molar-refractivity contribution in [3.63, 3.8) is 0 Å². The summed E-state index contributed by atoms with van der Waals surface area (Å²) in [7, 11) is 0.655. The van der Waals surface area contributed by atoms with E-state index in [-0.39, 0.29) is 0 Å². The Kier molecular flexibility index (Phi) is 4.38. The first-order valence-electron chi connectivity index (χ1n) is 12.3. The molecule has 0 aliphatic heterocycles.